The van der Waals surface area contributed by atoms with Crippen molar-refractivity contribution >= 4 is 35.1 Å². The van der Waals surface area contributed by atoms with Crippen LogP contribution in [0.2, 0.25) is 5.02 Å². The second kappa shape index (κ2) is 6.01. The number of carbonyl (C=O) groups is 3. The van der Waals surface area contributed by atoms with Crippen molar-refractivity contribution in [1.29, 1.82) is 0 Å². The third-order valence-electron chi connectivity index (χ3n) is 2.93. The third-order valence-corrected chi connectivity index (χ3v) is 3.16. The lowest BCUT2D eigenvalue weighted by atomic mass is 10.2. The fourth-order valence-corrected chi connectivity index (χ4v) is 2.10. The van der Waals surface area contributed by atoms with Crippen LogP contribution >= 0.6 is 11.6 Å². The van der Waals surface area contributed by atoms with Gasteiger partial charge < -0.3 is 19.6 Å². The van der Waals surface area contributed by atoms with E-state index < -0.39 is 24.4 Å². The number of carboxylic acids is 1. The molecule has 0 aliphatic carbocycles. The highest BCUT2D eigenvalue weighted by Gasteiger charge is 2.27. The molecule has 0 saturated heterocycles. The van der Waals surface area contributed by atoms with Crippen molar-refractivity contribution in [3.8, 4) is 5.75 Å². The van der Waals surface area contributed by atoms with Gasteiger partial charge in [-0.2, -0.15) is 0 Å². The van der Waals surface area contributed by atoms with E-state index in [9.17, 15) is 14.4 Å². The normalized spacial score (nSPS) is 13.4. The Balaban J connectivity index is 2.17. The van der Waals surface area contributed by atoms with Gasteiger partial charge in [-0.1, -0.05) is 11.6 Å². The minimum atomic E-state index is -1.10. The fourth-order valence-electron chi connectivity index (χ4n) is 1.94. The number of nitrogens with zero attached hydrogens (tertiary/aromatic N) is 2. The predicted octanol–water partition coefficient (Wildman–Crippen LogP) is 0.608. The topological polar surface area (TPSA) is 87.2 Å². The minimum absolute atomic E-state index is 0.0972. The van der Waals surface area contributed by atoms with E-state index in [2.05, 4.69) is 0 Å². The number of ether oxygens (including phenoxy) is 1. The van der Waals surface area contributed by atoms with Crippen molar-refractivity contribution in [1.82, 2.24) is 4.90 Å². The van der Waals surface area contributed by atoms with Crippen molar-refractivity contribution < 1.29 is 24.2 Å². The molecule has 0 spiro atoms. The second-order valence-corrected chi connectivity index (χ2v) is 5.02. The Hall–Kier alpha value is -2.28. The highest BCUT2D eigenvalue weighted by molar-refractivity contribution is 6.31. The van der Waals surface area contributed by atoms with Crippen LogP contribution in [0.25, 0.3) is 0 Å². The van der Waals surface area contributed by atoms with Crippen molar-refractivity contribution in [3.63, 3.8) is 0 Å². The molecule has 0 atom stereocenters. The first kappa shape index (κ1) is 15.1. The number of hydrogen-bond acceptors (Lipinski definition) is 5. The lowest BCUT2D eigenvalue weighted by Gasteiger charge is -2.30. The third kappa shape index (κ3) is 3.63. The minimum Gasteiger partial charge on any atom is -0.480 e. The Labute approximate surface area is 125 Å². The average molecular weight is 313 g/mol. The zero-order chi connectivity index (χ0) is 15.6. The van der Waals surface area contributed by atoms with Gasteiger partial charge in [-0.15, -0.1) is 0 Å². The van der Waals surface area contributed by atoms with Crippen LogP contribution in [0.3, 0.4) is 0 Å². The molecule has 0 fully saturated rings. The molecule has 1 heterocycles. The maximum atomic E-state index is 12.0. The Morgan fingerprint density at radius 3 is 2.86 bits per heavy atom. The fraction of sp³-hybridized carbons (Fsp3) is 0.308. The molecule has 1 aliphatic heterocycles. The SMILES string of the molecule is CN(CC(=O)O)C(=O)CN1CC(=O)Oc2ccc(Cl)cc21. The quantitative estimate of drug-likeness (QED) is 0.647. The van der Waals surface area contributed by atoms with E-state index in [1.54, 1.807) is 18.2 Å². The molecule has 8 heteroatoms. The zero-order valence-corrected chi connectivity index (χ0v) is 12.0. The molecule has 1 amide bonds. The lowest BCUT2D eigenvalue weighted by Crippen LogP contribution is -2.45. The number of carboxylic acid groups (broad SMARTS) is 1. The molecule has 1 aliphatic rings. The van der Waals surface area contributed by atoms with Gasteiger partial charge in [-0.25, -0.2) is 4.79 Å². The number of rotatable bonds is 4. The summed E-state index contributed by atoms with van der Waals surface area (Å²) in [5.74, 6) is -1.69. The molecule has 0 aromatic heterocycles. The number of benzene rings is 1. The van der Waals surface area contributed by atoms with E-state index in [1.165, 1.54) is 11.9 Å². The number of likely N-dealkylation sites (N-methyl/N-ethyl adjacent to an activating group) is 1. The predicted molar refractivity (Wildman–Crippen MR) is 74.6 cm³/mol. The van der Waals surface area contributed by atoms with Crippen LogP contribution in [0, 0.1) is 0 Å². The summed E-state index contributed by atoms with van der Waals surface area (Å²) in [6, 6.07) is 4.72. The highest BCUT2D eigenvalue weighted by atomic mass is 35.5. The molecular formula is C13H13ClN2O5. The first-order chi connectivity index (χ1) is 9.86. The first-order valence-corrected chi connectivity index (χ1v) is 6.45. The molecular weight excluding hydrogens is 300 g/mol. The lowest BCUT2D eigenvalue weighted by molar-refractivity contribution is -0.143. The summed E-state index contributed by atoms with van der Waals surface area (Å²) in [6.45, 7) is -0.633. The molecule has 2 rings (SSSR count). The van der Waals surface area contributed by atoms with E-state index in [-0.39, 0.29) is 13.1 Å². The van der Waals surface area contributed by atoms with E-state index in [4.69, 9.17) is 21.4 Å². The molecule has 112 valence electrons. The van der Waals surface area contributed by atoms with E-state index in [0.717, 1.165) is 4.90 Å². The van der Waals surface area contributed by atoms with E-state index in [0.29, 0.717) is 16.5 Å². The second-order valence-electron chi connectivity index (χ2n) is 4.59. The summed E-state index contributed by atoms with van der Waals surface area (Å²) in [5, 5.41) is 9.12. The van der Waals surface area contributed by atoms with Crippen molar-refractivity contribution in [2.75, 3.05) is 31.6 Å². The van der Waals surface area contributed by atoms with Crippen LogP contribution in [0.5, 0.6) is 5.75 Å². The Morgan fingerprint density at radius 2 is 2.19 bits per heavy atom. The number of aliphatic carboxylic acids is 1. The van der Waals surface area contributed by atoms with Crippen LogP contribution in [-0.2, 0) is 14.4 Å². The van der Waals surface area contributed by atoms with Gasteiger partial charge in [-0.05, 0) is 18.2 Å². The first-order valence-electron chi connectivity index (χ1n) is 6.08. The van der Waals surface area contributed by atoms with Gasteiger partial charge in [0.05, 0.1) is 12.2 Å². The molecule has 1 aromatic rings. The van der Waals surface area contributed by atoms with E-state index >= 15 is 0 Å². The van der Waals surface area contributed by atoms with Crippen LogP contribution in [0.4, 0.5) is 5.69 Å². The van der Waals surface area contributed by atoms with E-state index in [1.807, 2.05) is 0 Å². The summed E-state index contributed by atoms with van der Waals surface area (Å²) in [5.41, 5.74) is 0.527. The van der Waals surface area contributed by atoms with Gasteiger partial charge in [0.25, 0.3) is 0 Å². The number of halogens is 1. The standard InChI is InChI=1S/C13H13ClN2O5/c1-15(6-12(18)19)11(17)5-16-7-13(20)21-10-3-2-8(14)4-9(10)16/h2-4H,5-7H2,1H3,(H,18,19). The summed E-state index contributed by atoms with van der Waals surface area (Å²) < 4.78 is 5.07. The maximum Gasteiger partial charge on any atom is 0.331 e. The number of fused-ring (bicyclic) bond motifs is 1. The molecule has 7 nitrogen and oxygen atoms in total. The smallest absolute Gasteiger partial charge is 0.331 e. The Morgan fingerprint density at radius 1 is 1.48 bits per heavy atom. The number of carbonyl (C=O) groups excluding carboxylic acids is 2. The van der Waals surface area contributed by atoms with Gasteiger partial charge in [0.2, 0.25) is 5.91 Å². The number of hydrogen-bond donors (Lipinski definition) is 1. The van der Waals surface area contributed by atoms with Crippen LogP contribution in [-0.4, -0.2) is 54.5 Å². The molecule has 0 unspecified atom stereocenters. The number of amides is 1. The van der Waals surface area contributed by atoms with Crippen molar-refractivity contribution in [2.24, 2.45) is 0 Å². The van der Waals surface area contributed by atoms with Crippen molar-refractivity contribution in [2.45, 2.75) is 0 Å². The maximum absolute atomic E-state index is 12.0. The van der Waals surface area contributed by atoms with Crippen LogP contribution in [0.1, 0.15) is 0 Å². The summed E-state index contributed by atoms with van der Waals surface area (Å²) >= 11 is 5.91. The van der Waals surface area contributed by atoms with Gasteiger partial charge >= 0.3 is 11.9 Å². The van der Waals surface area contributed by atoms with Crippen LogP contribution in [0.15, 0.2) is 18.2 Å². The molecule has 0 saturated carbocycles. The number of anilines is 1. The van der Waals surface area contributed by atoms with Crippen molar-refractivity contribution in [3.05, 3.63) is 23.2 Å². The molecule has 0 bridgehead atoms. The Kier molecular flexibility index (Phi) is 4.32. The largest absolute Gasteiger partial charge is 0.480 e. The van der Waals surface area contributed by atoms with Gasteiger partial charge in [0, 0.05) is 12.1 Å². The zero-order valence-electron chi connectivity index (χ0n) is 11.2. The molecule has 21 heavy (non-hydrogen) atoms. The molecule has 0 radical (unpaired) electrons. The summed E-state index contributed by atoms with van der Waals surface area (Å²) in [7, 11) is 1.39. The Bertz CT molecular complexity index is 604. The van der Waals surface area contributed by atoms with Gasteiger partial charge in [-0.3, -0.25) is 9.59 Å². The monoisotopic (exact) mass is 312 g/mol. The van der Waals surface area contributed by atoms with Gasteiger partial charge in [0.15, 0.2) is 5.75 Å². The number of esters is 1. The molecule has 1 N–H and O–H groups in total. The summed E-state index contributed by atoms with van der Waals surface area (Å²) in [6.07, 6.45) is 0. The van der Waals surface area contributed by atoms with Gasteiger partial charge in [0.1, 0.15) is 13.1 Å². The highest BCUT2D eigenvalue weighted by Crippen LogP contribution is 2.34. The van der Waals surface area contributed by atoms with Crippen LogP contribution < -0.4 is 9.64 Å². The summed E-state index contributed by atoms with van der Waals surface area (Å²) in [4.78, 5) is 36.7. The average Bonchev–Trinajstić information content (AvgIpc) is 2.38. The molecule has 1 aromatic carbocycles.